The first-order chi connectivity index (χ1) is 11.3. The van der Waals surface area contributed by atoms with E-state index >= 15 is 0 Å². The number of halogens is 2. The molecule has 0 fully saturated rings. The molecule has 2 rings (SSSR count). The van der Waals surface area contributed by atoms with Crippen LogP contribution in [0.3, 0.4) is 0 Å². The number of amides is 1. The Bertz CT molecular complexity index is 870. The number of ketones is 1. The first-order valence-corrected chi connectivity index (χ1v) is 7.55. The summed E-state index contributed by atoms with van der Waals surface area (Å²) >= 11 is 0.984. The Morgan fingerprint density at radius 3 is 2.62 bits per heavy atom. The summed E-state index contributed by atoms with van der Waals surface area (Å²) < 4.78 is 26.0. The number of nitrogens with one attached hydrogen (secondary N) is 2. The number of carbonyl (C=O) groups excluding carboxylic acids is 2. The van der Waals surface area contributed by atoms with Crippen molar-refractivity contribution in [1.29, 1.82) is 0 Å². The second kappa shape index (κ2) is 7.21. The Hall–Kier alpha value is -2.75. The van der Waals surface area contributed by atoms with Gasteiger partial charge in [0, 0.05) is 5.56 Å². The summed E-state index contributed by atoms with van der Waals surface area (Å²) in [6.07, 6.45) is 0. The molecule has 7 nitrogen and oxygen atoms in total. The Balaban J connectivity index is 2.23. The Morgan fingerprint density at radius 1 is 1.33 bits per heavy atom. The molecule has 1 aromatic carbocycles. The standard InChI is InChI=1S/C14H12F2N4O3S/c1-6(21)5-24-14-19-11(17)10(13(23)20-14)18-12(22)7-2-3-8(15)9(16)4-7/h2-4H,5H2,1H3,(H,18,22)(H3,17,19,20,23). The number of aromatic amines is 1. The molecule has 0 unspecified atom stereocenters. The predicted octanol–water partition coefficient (Wildman–Crippen LogP) is 1.56. The van der Waals surface area contributed by atoms with E-state index in [0.29, 0.717) is 6.07 Å². The molecule has 2 aromatic rings. The van der Waals surface area contributed by atoms with E-state index in [9.17, 15) is 23.2 Å². The van der Waals surface area contributed by atoms with Crippen LogP contribution in [-0.2, 0) is 4.79 Å². The largest absolute Gasteiger partial charge is 0.382 e. The highest BCUT2D eigenvalue weighted by molar-refractivity contribution is 7.99. The number of rotatable bonds is 5. The van der Waals surface area contributed by atoms with Crippen molar-refractivity contribution in [3.8, 4) is 0 Å². The average molecular weight is 354 g/mol. The summed E-state index contributed by atoms with van der Waals surface area (Å²) in [7, 11) is 0. The van der Waals surface area contributed by atoms with Crippen LogP contribution in [0.25, 0.3) is 0 Å². The fourth-order valence-electron chi connectivity index (χ4n) is 1.65. The minimum absolute atomic E-state index is 0.100. The molecule has 4 N–H and O–H groups in total. The van der Waals surface area contributed by atoms with Gasteiger partial charge in [0.15, 0.2) is 22.6 Å². The fraction of sp³-hybridized carbons (Fsp3) is 0.143. The van der Waals surface area contributed by atoms with Gasteiger partial charge in [0.25, 0.3) is 11.5 Å². The molecule has 0 bridgehead atoms. The van der Waals surface area contributed by atoms with Crippen LogP contribution < -0.4 is 16.6 Å². The van der Waals surface area contributed by atoms with Crippen molar-refractivity contribution in [3.63, 3.8) is 0 Å². The van der Waals surface area contributed by atoms with Gasteiger partial charge in [0.1, 0.15) is 11.5 Å². The number of anilines is 2. The average Bonchev–Trinajstić information content (AvgIpc) is 2.51. The number of H-pyrrole nitrogens is 1. The molecule has 0 aliphatic carbocycles. The van der Waals surface area contributed by atoms with E-state index < -0.39 is 23.1 Å². The van der Waals surface area contributed by atoms with Crippen LogP contribution in [0.15, 0.2) is 28.2 Å². The van der Waals surface area contributed by atoms with Crippen LogP contribution in [0, 0.1) is 11.6 Å². The van der Waals surface area contributed by atoms with Gasteiger partial charge in [0.2, 0.25) is 0 Å². The first-order valence-electron chi connectivity index (χ1n) is 6.56. The van der Waals surface area contributed by atoms with E-state index in [1.165, 1.54) is 6.92 Å². The molecule has 0 aliphatic heterocycles. The zero-order valence-electron chi connectivity index (χ0n) is 12.4. The smallest absolute Gasteiger partial charge is 0.277 e. The van der Waals surface area contributed by atoms with E-state index in [1.54, 1.807) is 0 Å². The molecular formula is C14H12F2N4O3S. The summed E-state index contributed by atoms with van der Waals surface area (Å²) in [6.45, 7) is 1.38. The molecule has 0 atom stereocenters. The topological polar surface area (TPSA) is 118 Å². The third-order valence-electron chi connectivity index (χ3n) is 2.76. The number of benzene rings is 1. The third kappa shape index (κ3) is 4.16. The highest BCUT2D eigenvalue weighted by atomic mass is 32.2. The number of nitrogens with two attached hydrogens (primary N) is 1. The monoisotopic (exact) mass is 354 g/mol. The van der Waals surface area contributed by atoms with Crippen molar-refractivity contribution < 1.29 is 18.4 Å². The van der Waals surface area contributed by atoms with Gasteiger partial charge in [-0.3, -0.25) is 19.4 Å². The molecule has 0 saturated heterocycles. The third-order valence-corrected chi connectivity index (χ3v) is 3.78. The maximum Gasteiger partial charge on any atom is 0.277 e. The summed E-state index contributed by atoms with van der Waals surface area (Å²) in [5.41, 5.74) is 4.38. The number of Topliss-reactive ketones (excluding diaryl/α,β-unsaturated/α-hetero) is 1. The number of hydrogen-bond acceptors (Lipinski definition) is 6. The molecule has 1 heterocycles. The second-order valence-corrected chi connectivity index (χ2v) is 5.67. The minimum atomic E-state index is -1.20. The molecule has 0 radical (unpaired) electrons. The molecule has 10 heteroatoms. The van der Waals surface area contributed by atoms with Gasteiger partial charge in [-0.2, -0.15) is 0 Å². The molecule has 0 aliphatic rings. The van der Waals surface area contributed by atoms with Crippen LogP contribution in [-0.4, -0.2) is 27.4 Å². The van der Waals surface area contributed by atoms with Crippen molar-refractivity contribution in [3.05, 3.63) is 45.8 Å². The van der Waals surface area contributed by atoms with E-state index in [2.05, 4.69) is 15.3 Å². The fourth-order valence-corrected chi connectivity index (χ4v) is 2.32. The maximum absolute atomic E-state index is 13.1. The van der Waals surface area contributed by atoms with Gasteiger partial charge in [0.05, 0.1) is 5.75 Å². The first kappa shape index (κ1) is 17.6. The molecular weight excluding hydrogens is 342 g/mol. The predicted molar refractivity (Wildman–Crippen MR) is 85.0 cm³/mol. The van der Waals surface area contributed by atoms with Gasteiger partial charge in [-0.25, -0.2) is 13.8 Å². The zero-order chi connectivity index (χ0) is 17.9. The second-order valence-electron chi connectivity index (χ2n) is 4.71. The summed E-state index contributed by atoms with van der Waals surface area (Å²) in [5.74, 6) is -3.42. The highest BCUT2D eigenvalue weighted by Crippen LogP contribution is 2.17. The van der Waals surface area contributed by atoms with Gasteiger partial charge in [-0.05, 0) is 25.1 Å². The van der Waals surface area contributed by atoms with Crippen LogP contribution in [0.1, 0.15) is 17.3 Å². The van der Waals surface area contributed by atoms with Gasteiger partial charge >= 0.3 is 0 Å². The molecule has 24 heavy (non-hydrogen) atoms. The van der Waals surface area contributed by atoms with E-state index in [1.807, 2.05) is 0 Å². The summed E-state index contributed by atoms with van der Waals surface area (Å²) in [6, 6.07) is 2.54. The van der Waals surface area contributed by atoms with Gasteiger partial charge in [-0.15, -0.1) is 0 Å². The van der Waals surface area contributed by atoms with E-state index in [4.69, 9.17) is 5.73 Å². The number of aromatic nitrogens is 2. The van der Waals surface area contributed by atoms with Crippen LogP contribution >= 0.6 is 11.8 Å². The maximum atomic E-state index is 13.1. The number of hydrogen-bond donors (Lipinski definition) is 3. The minimum Gasteiger partial charge on any atom is -0.382 e. The lowest BCUT2D eigenvalue weighted by Gasteiger charge is -2.08. The lowest BCUT2D eigenvalue weighted by atomic mass is 10.2. The summed E-state index contributed by atoms with van der Waals surface area (Å²) in [5, 5.41) is 2.32. The number of thioether (sulfide) groups is 1. The zero-order valence-corrected chi connectivity index (χ0v) is 13.2. The molecule has 1 amide bonds. The van der Waals surface area contributed by atoms with Crippen LogP contribution in [0.5, 0.6) is 0 Å². The molecule has 0 spiro atoms. The quantitative estimate of drug-likeness (QED) is 0.554. The lowest BCUT2D eigenvalue weighted by molar-refractivity contribution is -0.114. The lowest BCUT2D eigenvalue weighted by Crippen LogP contribution is -2.23. The number of nitrogens with zero attached hydrogens (tertiary/aromatic N) is 1. The Kier molecular flexibility index (Phi) is 5.29. The molecule has 126 valence electrons. The SMILES string of the molecule is CC(=O)CSc1nc(N)c(NC(=O)c2ccc(F)c(F)c2)c(=O)[nH]1. The van der Waals surface area contributed by atoms with Crippen molar-refractivity contribution in [2.45, 2.75) is 12.1 Å². The van der Waals surface area contributed by atoms with Crippen molar-refractivity contribution in [2.75, 3.05) is 16.8 Å². The highest BCUT2D eigenvalue weighted by Gasteiger charge is 2.15. The van der Waals surface area contributed by atoms with E-state index in [0.717, 1.165) is 23.9 Å². The van der Waals surface area contributed by atoms with Crippen LogP contribution in [0.2, 0.25) is 0 Å². The molecule has 0 saturated carbocycles. The number of carbonyl (C=O) groups is 2. The number of nitrogen functional groups attached to an aromatic ring is 1. The molecule has 1 aromatic heterocycles. The normalized spacial score (nSPS) is 10.5. The van der Waals surface area contributed by atoms with Crippen molar-refractivity contribution in [1.82, 2.24) is 9.97 Å². The van der Waals surface area contributed by atoms with Crippen molar-refractivity contribution in [2.24, 2.45) is 0 Å². The Labute approximate surface area is 138 Å². The van der Waals surface area contributed by atoms with E-state index in [-0.39, 0.29) is 33.8 Å². The Morgan fingerprint density at radius 2 is 2.04 bits per heavy atom. The van der Waals surface area contributed by atoms with Gasteiger partial charge in [-0.1, -0.05) is 11.8 Å². The summed E-state index contributed by atoms with van der Waals surface area (Å²) in [4.78, 5) is 41.1. The van der Waals surface area contributed by atoms with Gasteiger partial charge < -0.3 is 11.1 Å². The van der Waals surface area contributed by atoms with Crippen molar-refractivity contribution >= 4 is 35.0 Å². The van der Waals surface area contributed by atoms with Crippen LogP contribution in [0.4, 0.5) is 20.3 Å².